The largest absolute Gasteiger partial charge is 0.361 e. The molecular weight excluding hydrogens is 242 g/mol. The third-order valence-electron chi connectivity index (χ3n) is 2.68. The van der Waals surface area contributed by atoms with Crippen LogP contribution in [0, 0.1) is 0 Å². The van der Waals surface area contributed by atoms with E-state index < -0.39 is 0 Å². The molecule has 100 valence electrons. The standard InChI is InChI=1S/C14H23N3S/c1-11(2)12-5-7-13(8-6-12)16-14(18)15-9-10-17(3)4/h5-8,11H,9-10H2,1-4H3,(H2,15,16,18). The Kier molecular flexibility index (Phi) is 6.09. The molecule has 0 fully saturated rings. The van der Waals surface area contributed by atoms with Crippen LogP contribution in [0.5, 0.6) is 0 Å². The number of benzene rings is 1. The first-order valence-corrected chi connectivity index (χ1v) is 6.69. The van der Waals surface area contributed by atoms with Gasteiger partial charge >= 0.3 is 0 Å². The van der Waals surface area contributed by atoms with E-state index in [1.54, 1.807) is 0 Å². The minimum atomic E-state index is 0.559. The molecule has 0 aromatic heterocycles. The van der Waals surface area contributed by atoms with E-state index in [1.807, 2.05) is 14.1 Å². The van der Waals surface area contributed by atoms with Crippen molar-refractivity contribution < 1.29 is 0 Å². The van der Waals surface area contributed by atoms with Crippen LogP contribution in [0.3, 0.4) is 0 Å². The van der Waals surface area contributed by atoms with Crippen LogP contribution >= 0.6 is 12.2 Å². The molecule has 1 aromatic rings. The molecule has 3 nitrogen and oxygen atoms in total. The zero-order chi connectivity index (χ0) is 13.5. The van der Waals surface area contributed by atoms with Gasteiger partial charge in [-0.05, 0) is 49.9 Å². The minimum absolute atomic E-state index is 0.559. The van der Waals surface area contributed by atoms with Crippen LogP contribution in [0.15, 0.2) is 24.3 Å². The van der Waals surface area contributed by atoms with Gasteiger partial charge in [-0.2, -0.15) is 0 Å². The van der Waals surface area contributed by atoms with Gasteiger partial charge in [0.05, 0.1) is 0 Å². The van der Waals surface area contributed by atoms with E-state index in [9.17, 15) is 0 Å². The van der Waals surface area contributed by atoms with Crippen LogP contribution in [-0.2, 0) is 0 Å². The highest BCUT2D eigenvalue weighted by molar-refractivity contribution is 7.80. The van der Waals surface area contributed by atoms with Gasteiger partial charge in [-0.25, -0.2) is 0 Å². The highest BCUT2D eigenvalue weighted by atomic mass is 32.1. The molecule has 0 heterocycles. The molecular formula is C14H23N3S. The number of rotatable bonds is 5. The Bertz CT molecular complexity index is 371. The van der Waals surface area contributed by atoms with Crippen molar-refractivity contribution in [3.05, 3.63) is 29.8 Å². The van der Waals surface area contributed by atoms with E-state index in [0.717, 1.165) is 18.8 Å². The van der Waals surface area contributed by atoms with Crippen molar-refractivity contribution >= 4 is 23.0 Å². The average molecular weight is 265 g/mol. The van der Waals surface area contributed by atoms with Crippen molar-refractivity contribution in [2.24, 2.45) is 0 Å². The third-order valence-corrected chi connectivity index (χ3v) is 2.93. The number of nitrogens with one attached hydrogen (secondary N) is 2. The molecule has 0 radical (unpaired) electrons. The minimum Gasteiger partial charge on any atom is -0.361 e. The SMILES string of the molecule is CC(C)c1ccc(NC(=S)NCCN(C)C)cc1. The summed E-state index contributed by atoms with van der Waals surface area (Å²) in [7, 11) is 4.09. The highest BCUT2D eigenvalue weighted by Gasteiger charge is 2.00. The van der Waals surface area contributed by atoms with Crippen molar-refractivity contribution in [3.8, 4) is 0 Å². The molecule has 0 unspecified atom stereocenters. The summed E-state index contributed by atoms with van der Waals surface area (Å²) in [6, 6.07) is 8.40. The molecule has 0 bridgehead atoms. The molecule has 0 spiro atoms. The third kappa shape index (κ3) is 5.47. The topological polar surface area (TPSA) is 27.3 Å². The second-order valence-electron chi connectivity index (χ2n) is 4.96. The summed E-state index contributed by atoms with van der Waals surface area (Å²) in [5.41, 5.74) is 2.37. The van der Waals surface area contributed by atoms with Gasteiger partial charge in [-0.1, -0.05) is 26.0 Å². The summed E-state index contributed by atoms with van der Waals surface area (Å²) < 4.78 is 0. The molecule has 0 atom stereocenters. The quantitative estimate of drug-likeness (QED) is 0.801. The fourth-order valence-corrected chi connectivity index (χ4v) is 1.74. The lowest BCUT2D eigenvalue weighted by Crippen LogP contribution is -2.34. The summed E-state index contributed by atoms with van der Waals surface area (Å²) in [6.45, 7) is 6.20. The lowest BCUT2D eigenvalue weighted by atomic mass is 10.0. The Morgan fingerprint density at radius 2 is 1.83 bits per heavy atom. The number of thiocarbonyl (C=S) groups is 1. The van der Waals surface area contributed by atoms with Crippen molar-refractivity contribution in [1.29, 1.82) is 0 Å². The van der Waals surface area contributed by atoms with Crippen molar-refractivity contribution in [2.75, 3.05) is 32.5 Å². The van der Waals surface area contributed by atoms with Crippen LogP contribution in [0.25, 0.3) is 0 Å². The Balaban J connectivity index is 2.40. The zero-order valence-electron chi connectivity index (χ0n) is 11.7. The molecule has 2 N–H and O–H groups in total. The summed E-state index contributed by atoms with van der Waals surface area (Å²) in [6.07, 6.45) is 0. The fraction of sp³-hybridized carbons (Fsp3) is 0.500. The van der Waals surface area contributed by atoms with E-state index in [0.29, 0.717) is 11.0 Å². The normalized spacial score (nSPS) is 10.8. The molecule has 1 rings (SSSR count). The van der Waals surface area contributed by atoms with Gasteiger partial charge < -0.3 is 15.5 Å². The second-order valence-corrected chi connectivity index (χ2v) is 5.37. The molecule has 0 saturated heterocycles. The number of nitrogens with zero attached hydrogens (tertiary/aromatic N) is 1. The van der Waals surface area contributed by atoms with Crippen LogP contribution in [0.4, 0.5) is 5.69 Å². The Morgan fingerprint density at radius 1 is 1.22 bits per heavy atom. The molecule has 1 aromatic carbocycles. The maximum absolute atomic E-state index is 5.23. The molecule has 0 aliphatic rings. The summed E-state index contributed by atoms with van der Waals surface area (Å²) >= 11 is 5.23. The lowest BCUT2D eigenvalue weighted by Gasteiger charge is -2.14. The first-order chi connectivity index (χ1) is 8.49. The second kappa shape index (κ2) is 7.34. The average Bonchev–Trinajstić information content (AvgIpc) is 2.29. The van der Waals surface area contributed by atoms with E-state index in [1.165, 1.54) is 5.56 Å². The predicted molar refractivity (Wildman–Crippen MR) is 83.3 cm³/mol. The predicted octanol–water partition coefficient (Wildman–Crippen LogP) is 2.66. The Labute approximate surface area is 116 Å². The first kappa shape index (κ1) is 14.9. The van der Waals surface area contributed by atoms with E-state index in [2.05, 4.69) is 53.6 Å². The van der Waals surface area contributed by atoms with Crippen molar-refractivity contribution in [2.45, 2.75) is 19.8 Å². The fourth-order valence-electron chi connectivity index (χ4n) is 1.52. The summed E-state index contributed by atoms with van der Waals surface area (Å²) in [5.74, 6) is 0.559. The van der Waals surface area contributed by atoms with Gasteiger partial charge in [0.25, 0.3) is 0 Å². The lowest BCUT2D eigenvalue weighted by molar-refractivity contribution is 0.413. The molecule has 18 heavy (non-hydrogen) atoms. The Hall–Kier alpha value is -1.13. The van der Waals surface area contributed by atoms with Crippen molar-refractivity contribution in [3.63, 3.8) is 0 Å². The van der Waals surface area contributed by atoms with Crippen LogP contribution in [0.1, 0.15) is 25.3 Å². The van der Waals surface area contributed by atoms with Crippen LogP contribution in [0.2, 0.25) is 0 Å². The van der Waals surface area contributed by atoms with Crippen LogP contribution in [-0.4, -0.2) is 37.2 Å². The van der Waals surface area contributed by atoms with E-state index in [4.69, 9.17) is 12.2 Å². The number of anilines is 1. The van der Waals surface area contributed by atoms with E-state index in [-0.39, 0.29) is 0 Å². The Morgan fingerprint density at radius 3 is 2.33 bits per heavy atom. The van der Waals surface area contributed by atoms with Crippen LogP contribution < -0.4 is 10.6 Å². The number of hydrogen-bond acceptors (Lipinski definition) is 2. The van der Waals surface area contributed by atoms with Gasteiger partial charge in [-0.15, -0.1) is 0 Å². The van der Waals surface area contributed by atoms with E-state index >= 15 is 0 Å². The maximum Gasteiger partial charge on any atom is 0.170 e. The first-order valence-electron chi connectivity index (χ1n) is 6.28. The van der Waals surface area contributed by atoms with Crippen molar-refractivity contribution in [1.82, 2.24) is 10.2 Å². The zero-order valence-corrected chi connectivity index (χ0v) is 12.5. The number of hydrogen-bond donors (Lipinski definition) is 2. The highest BCUT2D eigenvalue weighted by Crippen LogP contribution is 2.16. The van der Waals surface area contributed by atoms with Gasteiger partial charge in [0.2, 0.25) is 0 Å². The summed E-state index contributed by atoms with van der Waals surface area (Å²) in [4.78, 5) is 2.12. The summed E-state index contributed by atoms with van der Waals surface area (Å²) in [5, 5.41) is 7.04. The molecule has 0 amide bonds. The molecule has 0 aliphatic heterocycles. The molecule has 4 heteroatoms. The molecule has 0 saturated carbocycles. The van der Waals surface area contributed by atoms with Gasteiger partial charge in [0, 0.05) is 18.8 Å². The van der Waals surface area contributed by atoms with Gasteiger partial charge in [-0.3, -0.25) is 0 Å². The molecule has 0 aliphatic carbocycles. The number of likely N-dealkylation sites (N-methyl/N-ethyl adjacent to an activating group) is 1. The van der Waals surface area contributed by atoms with Gasteiger partial charge in [0.15, 0.2) is 5.11 Å². The van der Waals surface area contributed by atoms with Gasteiger partial charge in [0.1, 0.15) is 0 Å². The monoisotopic (exact) mass is 265 g/mol. The maximum atomic E-state index is 5.23. The smallest absolute Gasteiger partial charge is 0.170 e.